The van der Waals surface area contributed by atoms with Gasteiger partial charge in [-0.25, -0.2) is 9.78 Å². The van der Waals surface area contributed by atoms with E-state index in [4.69, 9.17) is 4.52 Å². The molecular formula is C17H23N5O3. The van der Waals surface area contributed by atoms with E-state index in [0.29, 0.717) is 34.6 Å². The Hall–Kier alpha value is -2.64. The number of aryl methyl sites for hydroxylation is 1. The zero-order valence-electron chi connectivity index (χ0n) is 14.9. The van der Waals surface area contributed by atoms with Crippen LogP contribution in [-0.4, -0.2) is 46.6 Å². The van der Waals surface area contributed by atoms with Gasteiger partial charge in [0.05, 0.1) is 17.0 Å². The van der Waals surface area contributed by atoms with Crippen LogP contribution in [0.25, 0.3) is 11.1 Å². The molecule has 1 unspecified atom stereocenters. The van der Waals surface area contributed by atoms with Gasteiger partial charge in [0.15, 0.2) is 0 Å². The number of nitrogens with one attached hydrogen (secondary N) is 2. The van der Waals surface area contributed by atoms with Crippen molar-refractivity contribution in [1.82, 2.24) is 25.7 Å². The molecule has 25 heavy (non-hydrogen) atoms. The molecule has 134 valence electrons. The number of nitrogens with zero attached hydrogens (tertiary/aromatic N) is 3. The summed E-state index contributed by atoms with van der Waals surface area (Å²) in [6.45, 7) is 6.29. The third-order valence-electron chi connectivity index (χ3n) is 4.31. The van der Waals surface area contributed by atoms with E-state index in [1.165, 1.54) is 0 Å². The zero-order chi connectivity index (χ0) is 18.1. The van der Waals surface area contributed by atoms with Crippen molar-refractivity contribution >= 4 is 23.0 Å². The van der Waals surface area contributed by atoms with Gasteiger partial charge in [0.25, 0.3) is 11.6 Å². The molecule has 3 amide bonds. The summed E-state index contributed by atoms with van der Waals surface area (Å²) in [4.78, 5) is 30.9. The van der Waals surface area contributed by atoms with Crippen LogP contribution in [0.4, 0.5) is 4.79 Å². The average molecular weight is 345 g/mol. The first-order valence-corrected chi connectivity index (χ1v) is 8.48. The number of urea groups is 1. The maximum atomic E-state index is 12.5. The lowest BCUT2D eigenvalue weighted by Gasteiger charge is -2.25. The van der Waals surface area contributed by atoms with E-state index in [1.54, 1.807) is 24.9 Å². The lowest BCUT2D eigenvalue weighted by molar-refractivity contribution is 0.0964. The molecule has 2 aromatic heterocycles. The van der Waals surface area contributed by atoms with Gasteiger partial charge in [0, 0.05) is 25.3 Å². The van der Waals surface area contributed by atoms with Crippen LogP contribution >= 0.6 is 0 Å². The topological polar surface area (TPSA) is 100 Å². The number of carbonyl (C=O) groups excluding carboxylic acids is 2. The third kappa shape index (κ3) is 3.16. The molecule has 0 aliphatic carbocycles. The molecule has 8 nitrogen and oxygen atoms in total. The second-order valence-electron chi connectivity index (χ2n) is 6.59. The monoisotopic (exact) mass is 345 g/mol. The molecule has 1 atom stereocenters. The molecule has 1 saturated heterocycles. The fraction of sp³-hybridized carbons (Fsp3) is 0.529. The van der Waals surface area contributed by atoms with E-state index in [1.807, 2.05) is 13.8 Å². The molecular weight excluding hydrogens is 322 g/mol. The van der Waals surface area contributed by atoms with Crippen LogP contribution in [0.1, 0.15) is 54.5 Å². The number of fused-ring (bicyclic) bond motifs is 1. The molecule has 3 rings (SSSR count). The van der Waals surface area contributed by atoms with E-state index >= 15 is 0 Å². The van der Waals surface area contributed by atoms with Gasteiger partial charge < -0.3 is 20.1 Å². The second kappa shape index (κ2) is 6.70. The zero-order valence-corrected chi connectivity index (χ0v) is 14.9. The van der Waals surface area contributed by atoms with Crippen molar-refractivity contribution in [2.24, 2.45) is 0 Å². The van der Waals surface area contributed by atoms with Crippen molar-refractivity contribution in [3.63, 3.8) is 0 Å². The molecule has 1 aliphatic heterocycles. The predicted octanol–water partition coefficient (Wildman–Crippen LogP) is 2.15. The summed E-state index contributed by atoms with van der Waals surface area (Å²) in [5, 5.41) is 10.3. The van der Waals surface area contributed by atoms with Gasteiger partial charge in [0.1, 0.15) is 5.69 Å². The molecule has 1 aliphatic rings. The minimum absolute atomic E-state index is 0.0496. The molecule has 1 fully saturated rings. The van der Waals surface area contributed by atoms with Crippen molar-refractivity contribution in [1.29, 1.82) is 0 Å². The Bertz CT molecular complexity index is 814. The van der Waals surface area contributed by atoms with Gasteiger partial charge in [-0.3, -0.25) is 4.79 Å². The Morgan fingerprint density at radius 3 is 2.84 bits per heavy atom. The number of hydrogen-bond donors (Lipinski definition) is 2. The number of aromatic nitrogens is 2. The van der Waals surface area contributed by atoms with Crippen LogP contribution < -0.4 is 10.6 Å². The van der Waals surface area contributed by atoms with Gasteiger partial charge in [-0.15, -0.1) is 0 Å². The van der Waals surface area contributed by atoms with Crippen molar-refractivity contribution in [3.05, 3.63) is 23.0 Å². The lowest BCUT2D eigenvalue weighted by atomic mass is 10.0. The van der Waals surface area contributed by atoms with E-state index in [2.05, 4.69) is 20.8 Å². The number of pyridine rings is 1. The molecule has 0 spiro atoms. The largest absolute Gasteiger partial charge is 0.355 e. The predicted molar refractivity (Wildman–Crippen MR) is 92.3 cm³/mol. The van der Waals surface area contributed by atoms with Crippen LogP contribution in [-0.2, 0) is 0 Å². The molecule has 3 heterocycles. The minimum Gasteiger partial charge on any atom is -0.355 e. The highest BCUT2D eigenvalue weighted by Gasteiger charge is 2.35. The fourth-order valence-corrected chi connectivity index (χ4v) is 3.26. The summed E-state index contributed by atoms with van der Waals surface area (Å²) in [6.07, 6.45) is 1.65. The fourth-order valence-electron chi connectivity index (χ4n) is 3.26. The Kier molecular flexibility index (Phi) is 4.61. The number of carbonyl (C=O) groups is 2. The summed E-state index contributed by atoms with van der Waals surface area (Å²) in [6, 6.07) is 1.41. The van der Waals surface area contributed by atoms with Crippen LogP contribution in [0.2, 0.25) is 0 Å². The smallest absolute Gasteiger partial charge is 0.318 e. The van der Waals surface area contributed by atoms with Crippen molar-refractivity contribution < 1.29 is 14.1 Å². The first kappa shape index (κ1) is 17.2. The molecule has 0 saturated carbocycles. The summed E-state index contributed by atoms with van der Waals surface area (Å²) in [5.74, 6) is -0.226. The van der Waals surface area contributed by atoms with E-state index in [9.17, 15) is 9.59 Å². The van der Waals surface area contributed by atoms with E-state index in [0.717, 1.165) is 12.8 Å². The second-order valence-corrected chi connectivity index (χ2v) is 6.59. The van der Waals surface area contributed by atoms with Crippen molar-refractivity contribution in [2.75, 3.05) is 13.6 Å². The number of likely N-dealkylation sites (tertiary alicyclic amines) is 1. The van der Waals surface area contributed by atoms with Crippen LogP contribution in [0.3, 0.4) is 0 Å². The highest BCUT2D eigenvalue weighted by atomic mass is 16.5. The standard InChI is InChI=1S/C17H23N5O3/c1-9(2)19-17(24)22-7-5-6-12(22)14-13-11(15(23)18-4)8-10(3)20-16(13)25-21-14/h8-9,12H,5-7H2,1-4H3,(H,18,23)(H,19,24). The SMILES string of the molecule is CNC(=O)c1cc(C)nc2onc(C3CCCN3C(=O)NC(C)C)c12. The Balaban J connectivity index is 2.06. The Morgan fingerprint density at radius 1 is 1.40 bits per heavy atom. The first-order valence-electron chi connectivity index (χ1n) is 8.48. The maximum absolute atomic E-state index is 12.5. The third-order valence-corrected chi connectivity index (χ3v) is 4.31. The Labute approximate surface area is 145 Å². The quantitative estimate of drug-likeness (QED) is 0.888. The molecule has 0 bridgehead atoms. The Morgan fingerprint density at radius 2 is 2.16 bits per heavy atom. The number of hydrogen-bond acceptors (Lipinski definition) is 5. The summed E-state index contributed by atoms with van der Waals surface area (Å²) >= 11 is 0. The summed E-state index contributed by atoms with van der Waals surface area (Å²) in [5.41, 5.74) is 2.06. The highest BCUT2D eigenvalue weighted by Crippen LogP contribution is 2.36. The highest BCUT2D eigenvalue weighted by molar-refractivity contribution is 6.06. The van der Waals surface area contributed by atoms with Gasteiger partial charge in [0.2, 0.25) is 0 Å². The summed E-state index contributed by atoms with van der Waals surface area (Å²) in [7, 11) is 1.58. The number of amides is 3. The lowest BCUT2D eigenvalue weighted by Crippen LogP contribution is -2.42. The van der Waals surface area contributed by atoms with Crippen molar-refractivity contribution in [3.8, 4) is 0 Å². The normalized spacial score (nSPS) is 17.3. The van der Waals surface area contributed by atoms with Crippen LogP contribution in [0.5, 0.6) is 0 Å². The van der Waals surface area contributed by atoms with E-state index in [-0.39, 0.29) is 24.0 Å². The van der Waals surface area contributed by atoms with Crippen LogP contribution in [0.15, 0.2) is 10.6 Å². The van der Waals surface area contributed by atoms with E-state index < -0.39 is 0 Å². The average Bonchev–Trinajstić information content (AvgIpc) is 3.18. The summed E-state index contributed by atoms with van der Waals surface area (Å²) < 4.78 is 5.39. The minimum atomic E-state index is -0.229. The molecule has 8 heteroatoms. The number of rotatable bonds is 3. The van der Waals surface area contributed by atoms with Crippen molar-refractivity contribution in [2.45, 2.75) is 45.7 Å². The van der Waals surface area contributed by atoms with Gasteiger partial charge in [-0.1, -0.05) is 5.16 Å². The molecule has 2 N–H and O–H groups in total. The molecule has 2 aromatic rings. The maximum Gasteiger partial charge on any atom is 0.318 e. The first-order chi connectivity index (χ1) is 11.9. The van der Waals surface area contributed by atoms with Gasteiger partial charge in [-0.05, 0) is 39.7 Å². The van der Waals surface area contributed by atoms with Gasteiger partial charge >= 0.3 is 6.03 Å². The molecule has 0 radical (unpaired) electrons. The van der Waals surface area contributed by atoms with Gasteiger partial charge in [-0.2, -0.15) is 0 Å². The van der Waals surface area contributed by atoms with Crippen LogP contribution in [0, 0.1) is 6.92 Å². The molecule has 0 aromatic carbocycles.